The van der Waals surface area contributed by atoms with Crippen molar-refractivity contribution in [2.24, 2.45) is 0 Å². The molecule has 1 aliphatic carbocycles. The predicted molar refractivity (Wildman–Crippen MR) is 95.0 cm³/mol. The van der Waals surface area contributed by atoms with Crippen molar-refractivity contribution in [2.45, 2.75) is 31.5 Å². The van der Waals surface area contributed by atoms with E-state index in [9.17, 15) is 4.79 Å². The zero-order chi connectivity index (χ0) is 16.5. The van der Waals surface area contributed by atoms with Crippen molar-refractivity contribution in [1.29, 1.82) is 0 Å². The van der Waals surface area contributed by atoms with Gasteiger partial charge < -0.3 is 10.6 Å². The molecule has 2 fully saturated rings. The molecule has 1 saturated heterocycles. The lowest BCUT2D eigenvalue weighted by atomic mass is 10.1. The third kappa shape index (κ3) is 3.53. The first-order valence-corrected chi connectivity index (χ1v) is 8.87. The summed E-state index contributed by atoms with van der Waals surface area (Å²) in [5, 5.41) is 8.12. The van der Waals surface area contributed by atoms with Crippen LogP contribution in [-0.2, 0) is 11.3 Å². The summed E-state index contributed by atoms with van der Waals surface area (Å²) in [4.78, 5) is 19.2. The quantitative estimate of drug-likeness (QED) is 0.890. The first kappa shape index (κ1) is 15.8. The molecule has 126 valence electrons. The summed E-state index contributed by atoms with van der Waals surface area (Å²) < 4.78 is 0. The molecule has 1 amide bonds. The van der Waals surface area contributed by atoms with Gasteiger partial charge in [0.2, 0.25) is 5.91 Å². The molecule has 2 N–H and O–H groups in total. The van der Waals surface area contributed by atoms with Crippen LogP contribution < -0.4 is 10.6 Å². The lowest BCUT2D eigenvalue weighted by Crippen LogP contribution is -2.57. The number of fused-ring (bicyclic) bond motifs is 1. The van der Waals surface area contributed by atoms with Crippen LogP contribution in [0.1, 0.15) is 18.5 Å². The Hall–Kier alpha value is -1.69. The van der Waals surface area contributed by atoms with E-state index in [1.165, 1.54) is 0 Å². The summed E-state index contributed by atoms with van der Waals surface area (Å²) in [6.07, 6.45) is 2.23. The van der Waals surface area contributed by atoms with Gasteiger partial charge in [0.15, 0.2) is 0 Å². The summed E-state index contributed by atoms with van der Waals surface area (Å²) in [6, 6.07) is 10.2. The lowest BCUT2D eigenvalue weighted by molar-refractivity contribution is -0.124. The Labute approximate surface area is 146 Å². The van der Waals surface area contributed by atoms with E-state index in [0.29, 0.717) is 17.6 Å². The molecule has 2 aliphatic rings. The van der Waals surface area contributed by atoms with Crippen LogP contribution >= 0.6 is 11.6 Å². The summed E-state index contributed by atoms with van der Waals surface area (Å²) >= 11 is 6.25. The Kier molecular flexibility index (Phi) is 4.39. The lowest BCUT2D eigenvalue weighted by Gasteiger charge is -2.32. The van der Waals surface area contributed by atoms with Gasteiger partial charge in [0.05, 0.1) is 22.3 Å². The number of para-hydroxylation sites is 1. The highest BCUT2D eigenvalue weighted by Crippen LogP contribution is 2.22. The minimum absolute atomic E-state index is 0.122. The van der Waals surface area contributed by atoms with Gasteiger partial charge in [-0.15, -0.1) is 0 Å². The van der Waals surface area contributed by atoms with Crippen molar-refractivity contribution in [3.8, 4) is 0 Å². The molecule has 1 aromatic carbocycles. The van der Waals surface area contributed by atoms with E-state index in [1.807, 2.05) is 24.3 Å². The molecule has 2 aromatic rings. The monoisotopic (exact) mass is 344 g/mol. The summed E-state index contributed by atoms with van der Waals surface area (Å²) in [5.74, 6) is 0.122. The fourth-order valence-corrected chi connectivity index (χ4v) is 3.35. The Balaban J connectivity index is 1.44. The summed E-state index contributed by atoms with van der Waals surface area (Å²) in [7, 11) is 0. The van der Waals surface area contributed by atoms with Crippen molar-refractivity contribution < 1.29 is 4.79 Å². The average molecular weight is 345 g/mol. The Bertz CT molecular complexity index is 762. The number of piperazine rings is 1. The highest BCUT2D eigenvalue weighted by Gasteiger charge is 2.30. The van der Waals surface area contributed by atoms with Gasteiger partial charge in [-0.1, -0.05) is 29.8 Å². The van der Waals surface area contributed by atoms with E-state index in [2.05, 4.69) is 21.6 Å². The molecule has 1 aromatic heterocycles. The number of pyridine rings is 1. The highest BCUT2D eigenvalue weighted by atomic mass is 35.5. The van der Waals surface area contributed by atoms with Crippen LogP contribution in [0, 0.1) is 0 Å². The Morgan fingerprint density at radius 2 is 2.21 bits per heavy atom. The first-order chi connectivity index (χ1) is 11.7. The molecule has 1 aliphatic heterocycles. The molecule has 4 rings (SSSR count). The second-order valence-corrected chi connectivity index (χ2v) is 7.05. The number of benzene rings is 1. The van der Waals surface area contributed by atoms with Crippen LogP contribution in [0.15, 0.2) is 30.3 Å². The van der Waals surface area contributed by atoms with Gasteiger partial charge in [-0.25, -0.2) is 4.98 Å². The Morgan fingerprint density at radius 3 is 3.04 bits per heavy atom. The number of rotatable bonds is 4. The van der Waals surface area contributed by atoms with Crippen LogP contribution in [-0.4, -0.2) is 47.5 Å². The first-order valence-electron chi connectivity index (χ1n) is 8.49. The van der Waals surface area contributed by atoms with Gasteiger partial charge in [0.1, 0.15) is 0 Å². The van der Waals surface area contributed by atoms with E-state index in [0.717, 1.165) is 49.1 Å². The van der Waals surface area contributed by atoms with E-state index < -0.39 is 0 Å². The number of hydrogen-bond acceptors (Lipinski definition) is 4. The van der Waals surface area contributed by atoms with Crippen LogP contribution in [0.5, 0.6) is 0 Å². The number of halogens is 1. The van der Waals surface area contributed by atoms with Crippen LogP contribution in [0.25, 0.3) is 10.9 Å². The van der Waals surface area contributed by atoms with Gasteiger partial charge in [-0.3, -0.25) is 9.69 Å². The number of aromatic nitrogens is 1. The van der Waals surface area contributed by atoms with Gasteiger partial charge in [0, 0.05) is 37.6 Å². The van der Waals surface area contributed by atoms with Crippen molar-refractivity contribution >= 4 is 28.4 Å². The Morgan fingerprint density at radius 1 is 1.33 bits per heavy atom. The normalized spacial score (nSPS) is 21.8. The molecule has 1 unspecified atom stereocenters. The SMILES string of the molecule is O=C(NC1CC1)C1CN(Cc2ccc3cccc(Cl)c3n2)CCN1. The third-order valence-electron chi connectivity index (χ3n) is 4.61. The maximum absolute atomic E-state index is 12.2. The predicted octanol–water partition coefficient (Wildman–Crippen LogP) is 1.94. The number of hydrogen-bond donors (Lipinski definition) is 2. The van der Waals surface area contributed by atoms with Crippen molar-refractivity contribution in [2.75, 3.05) is 19.6 Å². The highest BCUT2D eigenvalue weighted by molar-refractivity contribution is 6.35. The van der Waals surface area contributed by atoms with Crippen LogP contribution in [0.3, 0.4) is 0 Å². The fourth-order valence-electron chi connectivity index (χ4n) is 3.13. The number of amides is 1. The smallest absolute Gasteiger partial charge is 0.238 e. The fraction of sp³-hybridized carbons (Fsp3) is 0.444. The summed E-state index contributed by atoms with van der Waals surface area (Å²) in [6.45, 7) is 3.17. The maximum Gasteiger partial charge on any atom is 0.238 e. The van der Waals surface area contributed by atoms with Gasteiger partial charge in [0.25, 0.3) is 0 Å². The molecule has 6 heteroatoms. The van der Waals surface area contributed by atoms with Crippen molar-refractivity contribution in [1.82, 2.24) is 20.5 Å². The minimum atomic E-state index is -0.136. The van der Waals surface area contributed by atoms with Gasteiger partial charge >= 0.3 is 0 Å². The molecule has 2 heterocycles. The second-order valence-electron chi connectivity index (χ2n) is 6.64. The topological polar surface area (TPSA) is 57.3 Å². The molecule has 24 heavy (non-hydrogen) atoms. The van der Waals surface area contributed by atoms with Crippen LogP contribution in [0.4, 0.5) is 0 Å². The van der Waals surface area contributed by atoms with Crippen LogP contribution in [0.2, 0.25) is 5.02 Å². The molecule has 0 bridgehead atoms. The molecule has 0 spiro atoms. The van der Waals surface area contributed by atoms with E-state index in [4.69, 9.17) is 16.6 Å². The zero-order valence-corrected chi connectivity index (χ0v) is 14.2. The average Bonchev–Trinajstić information content (AvgIpc) is 3.40. The molecule has 1 saturated carbocycles. The minimum Gasteiger partial charge on any atom is -0.352 e. The maximum atomic E-state index is 12.2. The van der Waals surface area contributed by atoms with Crippen molar-refractivity contribution in [3.63, 3.8) is 0 Å². The summed E-state index contributed by atoms with van der Waals surface area (Å²) in [5.41, 5.74) is 1.83. The molecular formula is C18H21ClN4O. The largest absolute Gasteiger partial charge is 0.352 e. The molecular weight excluding hydrogens is 324 g/mol. The van der Waals surface area contributed by atoms with E-state index in [-0.39, 0.29) is 11.9 Å². The van der Waals surface area contributed by atoms with E-state index >= 15 is 0 Å². The third-order valence-corrected chi connectivity index (χ3v) is 4.92. The van der Waals surface area contributed by atoms with E-state index in [1.54, 1.807) is 0 Å². The van der Waals surface area contributed by atoms with Gasteiger partial charge in [-0.05, 0) is 25.0 Å². The number of carbonyl (C=O) groups is 1. The zero-order valence-electron chi connectivity index (χ0n) is 13.5. The number of carbonyl (C=O) groups excluding carboxylic acids is 1. The molecule has 0 radical (unpaired) electrons. The second kappa shape index (κ2) is 6.67. The van der Waals surface area contributed by atoms with Crippen molar-refractivity contribution in [3.05, 3.63) is 41.0 Å². The number of nitrogens with zero attached hydrogens (tertiary/aromatic N) is 2. The molecule has 5 nitrogen and oxygen atoms in total. The molecule has 1 atom stereocenters. The number of nitrogens with one attached hydrogen (secondary N) is 2. The standard InChI is InChI=1S/C18H21ClN4O/c19-15-3-1-2-12-4-5-14(21-17(12)15)10-23-9-8-20-16(11-23)18(24)22-13-6-7-13/h1-5,13,16,20H,6-11H2,(H,22,24). The van der Waals surface area contributed by atoms with Gasteiger partial charge in [-0.2, -0.15) is 0 Å².